The van der Waals surface area contributed by atoms with Gasteiger partial charge in [0.15, 0.2) is 5.82 Å². The van der Waals surface area contributed by atoms with Crippen LogP contribution in [0, 0.1) is 6.92 Å². The molecule has 2 heterocycles. The number of anilines is 3. The van der Waals surface area contributed by atoms with Crippen LogP contribution in [0.1, 0.15) is 37.9 Å². The second kappa shape index (κ2) is 7.13. The lowest BCUT2D eigenvalue weighted by atomic mass is 9.96. The van der Waals surface area contributed by atoms with Gasteiger partial charge in [-0.2, -0.15) is 0 Å². The van der Waals surface area contributed by atoms with Crippen LogP contribution in [-0.2, 0) is 0 Å². The number of rotatable bonds is 4. The number of pyridine rings is 1. The second-order valence-electron chi connectivity index (χ2n) is 5.81. The molecule has 0 spiro atoms. The highest BCUT2D eigenvalue weighted by molar-refractivity contribution is 5.89. The molecular formula is C16H21N5O2. The maximum atomic E-state index is 12.0. The summed E-state index contributed by atoms with van der Waals surface area (Å²) in [6.07, 6.45) is 7.37. The van der Waals surface area contributed by atoms with Gasteiger partial charge >= 0.3 is 6.03 Å². The van der Waals surface area contributed by atoms with Gasteiger partial charge in [-0.05, 0) is 31.9 Å². The van der Waals surface area contributed by atoms with Gasteiger partial charge in [-0.25, -0.2) is 9.78 Å². The molecule has 3 N–H and O–H groups in total. The van der Waals surface area contributed by atoms with E-state index in [2.05, 4.69) is 26.1 Å². The average Bonchev–Trinajstić information content (AvgIpc) is 2.95. The molecule has 23 heavy (non-hydrogen) atoms. The third-order valence-electron chi connectivity index (χ3n) is 3.85. The van der Waals surface area contributed by atoms with E-state index >= 15 is 0 Å². The van der Waals surface area contributed by atoms with Crippen LogP contribution in [-0.4, -0.2) is 22.2 Å². The summed E-state index contributed by atoms with van der Waals surface area (Å²) >= 11 is 0. The maximum Gasteiger partial charge on any atom is 0.319 e. The lowest BCUT2D eigenvalue weighted by Crippen LogP contribution is -2.39. The smallest absolute Gasteiger partial charge is 0.319 e. The topological polar surface area (TPSA) is 92.1 Å². The number of carbonyl (C=O) groups excluding carboxylic acids is 1. The van der Waals surface area contributed by atoms with Crippen molar-refractivity contribution in [3.63, 3.8) is 0 Å². The number of hydrogen-bond acceptors (Lipinski definition) is 5. The number of hydrogen-bond donors (Lipinski definition) is 3. The Morgan fingerprint density at radius 3 is 2.70 bits per heavy atom. The third kappa shape index (κ3) is 4.45. The van der Waals surface area contributed by atoms with Gasteiger partial charge in [-0.3, -0.25) is 0 Å². The summed E-state index contributed by atoms with van der Waals surface area (Å²) in [5.41, 5.74) is 0.653. The molecule has 2 amide bonds. The Bertz CT molecular complexity index is 647. The molecule has 0 unspecified atom stereocenters. The minimum atomic E-state index is -0.175. The summed E-state index contributed by atoms with van der Waals surface area (Å²) in [6, 6.07) is 5.47. The van der Waals surface area contributed by atoms with Gasteiger partial charge in [0.1, 0.15) is 11.6 Å². The second-order valence-corrected chi connectivity index (χ2v) is 5.81. The van der Waals surface area contributed by atoms with E-state index in [-0.39, 0.29) is 12.1 Å². The lowest BCUT2D eigenvalue weighted by molar-refractivity contribution is 0.244. The van der Waals surface area contributed by atoms with Gasteiger partial charge in [0.05, 0.1) is 11.9 Å². The van der Waals surface area contributed by atoms with Gasteiger partial charge in [0, 0.05) is 12.1 Å². The first kappa shape index (κ1) is 15.3. The quantitative estimate of drug-likeness (QED) is 0.802. The number of aromatic nitrogens is 2. The molecule has 1 fully saturated rings. The van der Waals surface area contributed by atoms with E-state index in [9.17, 15) is 4.79 Å². The standard InChI is InChI=1S/C16H21N5O2/c1-11-9-15(21-23-11)20-14-8-7-13(10-17-14)19-16(22)18-12-5-3-2-4-6-12/h7-10,12H,2-6H2,1H3,(H,17,20,21)(H2,18,19,22). The third-order valence-corrected chi connectivity index (χ3v) is 3.85. The molecule has 2 aromatic rings. The fourth-order valence-corrected chi connectivity index (χ4v) is 2.70. The zero-order valence-electron chi connectivity index (χ0n) is 13.1. The monoisotopic (exact) mass is 315 g/mol. The van der Waals surface area contributed by atoms with Crippen molar-refractivity contribution < 1.29 is 9.32 Å². The number of aryl methyl sites for hydroxylation is 1. The lowest BCUT2D eigenvalue weighted by Gasteiger charge is -2.22. The van der Waals surface area contributed by atoms with Gasteiger partial charge in [-0.15, -0.1) is 0 Å². The zero-order chi connectivity index (χ0) is 16.1. The summed E-state index contributed by atoms with van der Waals surface area (Å²) in [7, 11) is 0. The first-order valence-electron chi connectivity index (χ1n) is 7.93. The average molecular weight is 315 g/mol. The van der Waals surface area contributed by atoms with Crippen LogP contribution in [0.5, 0.6) is 0 Å². The van der Waals surface area contributed by atoms with E-state index < -0.39 is 0 Å². The first-order valence-corrected chi connectivity index (χ1v) is 7.93. The number of urea groups is 1. The van der Waals surface area contributed by atoms with Gasteiger partial charge in [0.2, 0.25) is 0 Å². The Kier molecular flexibility index (Phi) is 4.75. The van der Waals surface area contributed by atoms with E-state index in [1.165, 1.54) is 19.3 Å². The molecule has 7 nitrogen and oxygen atoms in total. The molecule has 0 bridgehead atoms. The molecule has 0 aliphatic heterocycles. The first-order chi connectivity index (χ1) is 11.2. The van der Waals surface area contributed by atoms with Crippen molar-refractivity contribution in [2.45, 2.75) is 45.1 Å². The van der Waals surface area contributed by atoms with Gasteiger partial charge in [0.25, 0.3) is 0 Å². The number of carbonyl (C=O) groups is 1. The molecule has 122 valence electrons. The van der Waals surface area contributed by atoms with E-state index in [0.717, 1.165) is 18.6 Å². The van der Waals surface area contributed by atoms with Crippen LogP contribution in [0.2, 0.25) is 0 Å². The van der Waals surface area contributed by atoms with Gasteiger partial charge < -0.3 is 20.5 Å². The molecule has 3 rings (SSSR count). The van der Waals surface area contributed by atoms with Crippen molar-refractivity contribution in [3.8, 4) is 0 Å². The molecular weight excluding hydrogens is 294 g/mol. The summed E-state index contributed by atoms with van der Waals surface area (Å²) in [6.45, 7) is 1.82. The highest BCUT2D eigenvalue weighted by Crippen LogP contribution is 2.18. The molecule has 2 aromatic heterocycles. The maximum absolute atomic E-state index is 12.0. The Morgan fingerprint density at radius 2 is 2.04 bits per heavy atom. The van der Waals surface area contributed by atoms with Crippen molar-refractivity contribution in [2.75, 3.05) is 10.6 Å². The Labute approximate surface area is 134 Å². The minimum absolute atomic E-state index is 0.175. The van der Waals surface area contributed by atoms with Crippen molar-refractivity contribution in [3.05, 3.63) is 30.2 Å². The molecule has 7 heteroatoms. The van der Waals surface area contributed by atoms with E-state index in [0.29, 0.717) is 17.3 Å². The normalized spacial score (nSPS) is 15.2. The molecule has 1 aliphatic carbocycles. The number of nitrogens with zero attached hydrogens (tertiary/aromatic N) is 2. The van der Waals surface area contributed by atoms with Crippen LogP contribution in [0.25, 0.3) is 0 Å². The van der Waals surface area contributed by atoms with Crippen LogP contribution >= 0.6 is 0 Å². The molecule has 0 saturated heterocycles. The molecule has 1 aliphatic rings. The Hall–Kier alpha value is -2.57. The van der Waals surface area contributed by atoms with Crippen molar-refractivity contribution in [1.29, 1.82) is 0 Å². The van der Waals surface area contributed by atoms with Crippen molar-refractivity contribution in [2.24, 2.45) is 0 Å². The molecule has 0 aromatic carbocycles. The Balaban J connectivity index is 1.51. The Morgan fingerprint density at radius 1 is 1.22 bits per heavy atom. The fraction of sp³-hybridized carbons (Fsp3) is 0.438. The summed E-state index contributed by atoms with van der Waals surface area (Å²) < 4.78 is 4.98. The van der Waals surface area contributed by atoms with E-state index in [1.54, 1.807) is 24.4 Å². The molecule has 0 atom stereocenters. The van der Waals surface area contributed by atoms with E-state index in [4.69, 9.17) is 4.52 Å². The largest absolute Gasteiger partial charge is 0.360 e. The van der Waals surface area contributed by atoms with Crippen LogP contribution in [0.15, 0.2) is 28.9 Å². The highest BCUT2D eigenvalue weighted by atomic mass is 16.5. The van der Waals surface area contributed by atoms with Gasteiger partial charge in [-0.1, -0.05) is 24.4 Å². The van der Waals surface area contributed by atoms with Crippen molar-refractivity contribution >= 4 is 23.4 Å². The SMILES string of the molecule is Cc1cc(Nc2ccc(NC(=O)NC3CCCCC3)cn2)no1. The summed E-state index contributed by atoms with van der Waals surface area (Å²) in [5.74, 6) is 1.97. The predicted molar refractivity (Wildman–Crippen MR) is 87.8 cm³/mol. The van der Waals surface area contributed by atoms with Crippen LogP contribution in [0.3, 0.4) is 0 Å². The molecule has 0 radical (unpaired) electrons. The molecule has 1 saturated carbocycles. The summed E-state index contributed by atoms with van der Waals surface area (Å²) in [4.78, 5) is 16.2. The fourth-order valence-electron chi connectivity index (χ4n) is 2.70. The summed E-state index contributed by atoms with van der Waals surface area (Å²) in [5, 5.41) is 12.7. The predicted octanol–water partition coefficient (Wildman–Crippen LogP) is 3.58. The van der Waals surface area contributed by atoms with Crippen LogP contribution in [0.4, 0.5) is 22.1 Å². The zero-order valence-corrected chi connectivity index (χ0v) is 13.1. The minimum Gasteiger partial charge on any atom is -0.360 e. The highest BCUT2D eigenvalue weighted by Gasteiger charge is 2.15. The van der Waals surface area contributed by atoms with E-state index in [1.807, 2.05) is 6.92 Å². The van der Waals surface area contributed by atoms with Crippen LogP contribution < -0.4 is 16.0 Å². The number of amides is 2. The van der Waals surface area contributed by atoms with Crippen molar-refractivity contribution in [1.82, 2.24) is 15.5 Å². The number of nitrogens with one attached hydrogen (secondary N) is 3.